The molecule has 0 fully saturated rings. The standard InChI is InChI=1S/C52H37NO/c1-51(2)45-21-11-12-22-46(45)52(43-19-9-6-16-39(43)40-17-7-10-20-44(40)52)47-30-29-38(33-48(47)51)53(36-14-4-3-5-15-36)37-27-24-34(25-28-37)35-26-31-50-42(32-35)41-18-8-13-23-49(41)54-50/h3-33H,1-2H3. The molecular weight excluding hydrogens is 655 g/mol. The van der Waals surface area contributed by atoms with Gasteiger partial charge in [0.2, 0.25) is 0 Å². The Hall–Kier alpha value is -6.64. The molecule has 1 heterocycles. The highest BCUT2D eigenvalue weighted by molar-refractivity contribution is 6.06. The topological polar surface area (TPSA) is 16.4 Å². The molecule has 0 amide bonds. The molecular formula is C52H37NO. The highest BCUT2D eigenvalue weighted by Gasteiger charge is 2.53. The zero-order chi connectivity index (χ0) is 36.0. The van der Waals surface area contributed by atoms with Crippen molar-refractivity contribution in [3.8, 4) is 22.3 Å². The van der Waals surface area contributed by atoms with E-state index in [-0.39, 0.29) is 5.41 Å². The van der Waals surface area contributed by atoms with Gasteiger partial charge in [0.15, 0.2) is 0 Å². The van der Waals surface area contributed by atoms with E-state index < -0.39 is 5.41 Å². The van der Waals surface area contributed by atoms with Crippen LogP contribution in [0.3, 0.4) is 0 Å². The van der Waals surface area contributed by atoms with E-state index in [1.807, 2.05) is 12.1 Å². The molecule has 0 saturated carbocycles. The van der Waals surface area contributed by atoms with Gasteiger partial charge in [0.25, 0.3) is 0 Å². The van der Waals surface area contributed by atoms with Gasteiger partial charge in [-0.2, -0.15) is 0 Å². The fourth-order valence-corrected chi connectivity index (χ4v) is 9.71. The minimum absolute atomic E-state index is 0.234. The predicted molar refractivity (Wildman–Crippen MR) is 223 cm³/mol. The van der Waals surface area contributed by atoms with E-state index in [1.54, 1.807) is 0 Å². The van der Waals surface area contributed by atoms with Gasteiger partial charge in [0, 0.05) is 33.2 Å². The third-order valence-electron chi connectivity index (χ3n) is 12.1. The summed E-state index contributed by atoms with van der Waals surface area (Å²) < 4.78 is 6.12. The number of fused-ring (bicyclic) bond motifs is 12. The van der Waals surface area contributed by atoms with Crippen LogP contribution in [0.25, 0.3) is 44.2 Å². The smallest absolute Gasteiger partial charge is 0.135 e. The maximum Gasteiger partial charge on any atom is 0.135 e. The molecule has 0 aliphatic heterocycles. The summed E-state index contributed by atoms with van der Waals surface area (Å²) in [5.41, 5.74) is 17.7. The monoisotopic (exact) mass is 691 g/mol. The molecule has 0 atom stereocenters. The van der Waals surface area contributed by atoms with Gasteiger partial charge in [-0.15, -0.1) is 0 Å². The zero-order valence-corrected chi connectivity index (χ0v) is 30.3. The maximum atomic E-state index is 6.12. The van der Waals surface area contributed by atoms with Crippen LogP contribution < -0.4 is 4.90 Å². The second-order valence-electron chi connectivity index (χ2n) is 15.3. The summed E-state index contributed by atoms with van der Waals surface area (Å²) in [5.74, 6) is 0. The Morgan fingerprint density at radius 3 is 1.65 bits per heavy atom. The van der Waals surface area contributed by atoms with E-state index in [0.29, 0.717) is 0 Å². The molecule has 2 aliphatic rings. The van der Waals surface area contributed by atoms with Gasteiger partial charge < -0.3 is 9.32 Å². The number of hydrogen-bond donors (Lipinski definition) is 0. The van der Waals surface area contributed by atoms with Crippen LogP contribution in [0, 0.1) is 0 Å². The van der Waals surface area contributed by atoms with Crippen molar-refractivity contribution < 1.29 is 4.42 Å². The van der Waals surface area contributed by atoms with Crippen LogP contribution in [0.1, 0.15) is 47.2 Å². The van der Waals surface area contributed by atoms with Gasteiger partial charge in [-0.25, -0.2) is 0 Å². The normalized spacial score (nSPS) is 14.4. The third kappa shape index (κ3) is 4.22. The molecule has 8 aromatic carbocycles. The van der Waals surface area contributed by atoms with Crippen LogP contribution in [0.5, 0.6) is 0 Å². The van der Waals surface area contributed by atoms with E-state index in [1.165, 1.54) is 55.6 Å². The van der Waals surface area contributed by atoms with Crippen molar-refractivity contribution in [2.45, 2.75) is 24.7 Å². The first kappa shape index (κ1) is 30.9. The molecule has 9 aromatic rings. The Morgan fingerprint density at radius 1 is 0.370 bits per heavy atom. The quantitative estimate of drug-likeness (QED) is 0.183. The summed E-state index contributed by atoms with van der Waals surface area (Å²) in [7, 11) is 0. The van der Waals surface area contributed by atoms with Crippen LogP contribution in [0.15, 0.2) is 192 Å². The van der Waals surface area contributed by atoms with E-state index in [4.69, 9.17) is 4.42 Å². The van der Waals surface area contributed by atoms with Gasteiger partial charge in [0.05, 0.1) is 5.41 Å². The maximum absolute atomic E-state index is 6.12. The molecule has 0 N–H and O–H groups in total. The minimum atomic E-state index is -0.409. The Kier molecular flexibility index (Phi) is 6.55. The molecule has 0 saturated heterocycles. The van der Waals surface area contributed by atoms with Crippen LogP contribution in [0.2, 0.25) is 0 Å². The van der Waals surface area contributed by atoms with Crippen molar-refractivity contribution in [2.24, 2.45) is 0 Å². The molecule has 2 nitrogen and oxygen atoms in total. The number of benzene rings is 8. The Bertz CT molecular complexity index is 2870. The first-order chi connectivity index (χ1) is 26.5. The van der Waals surface area contributed by atoms with Crippen molar-refractivity contribution in [1.82, 2.24) is 0 Å². The lowest BCUT2D eigenvalue weighted by molar-refractivity contribution is 0.563. The van der Waals surface area contributed by atoms with Crippen LogP contribution in [-0.2, 0) is 10.8 Å². The number of nitrogens with zero attached hydrogens (tertiary/aromatic N) is 1. The number of anilines is 3. The molecule has 2 aliphatic carbocycles. The predicted octanol–water partition coefficient (Wildman–Crippen LogP) is 13.7. The van der Waals surface area contributed by atoms with Crippen LogP contribution >= 0.6 is 0 Å². The van der Waals surface area contributed by atoms with Crippen LogP contribution in [-0.4, -0.2) is 0 Å². The lowest BCUT2D eigenvalue weighted by Gasteiger charge is -2.47. The first-order valence-corrected chi connectivity index (χ1v) is 18.8. The molecule has 11 rings (SSSR count). The van der Waals surface area contributed by atoms with Crippen LogP contribution in [0.4, 0.5) is 17.1 Å². The highest BCUT2D eigenvalue weighted by atomic mass is 16.3. The summed E-state index contributed by atoms with van der Waals surface area (Å²) in [6, 6.07) is 69.0. The van der Waals surface area contributed by atoms with Gasteiger partial charge in [0.1, 0.15) is 11.2 Å². The fourth-order valence-electron chi connectivity index (χ4n) is 9.71. The van der Waals surface area contributed by atoms with E-state index in [9.17, 15) is 0 Å². The third-order valence-corrected chi connectivity index (χ3v) is 12.1. The van der Waals surface area contributed by atoms with Gasteiger partial charge in [-0.3, -0.25) is 0 Å². The van der Waals surface area contributed by atoms with Gasteiger partial charge in [-0.05, 0) is 110 Å². The summed E-state index contributed by atoms with van der Waals surface area (Å²) >= 11 is 0. The van der Waals surface area contributed by atoms with E-state index in [0.717, 1.165) is 39.0 Å². The Balaban J connectivity index is 1.09. The number of hydrogen-bond acceptors (Lipinski definition) is 2. The molecule has 0 bridgehead atoms. The lowest BCUT2D eigenvalue weighted by Crippen LogP contribution is -2.40. The van der Waals surface area contributed by atoms with E-state index in [2.05, 4.69) is 195 Å². The largest absolute Gasteiger partial charge is 0.456 e. The number of furan rings is 1. The molecule has 0 radical (unpaired) electrons. The van der Waals surface area contributed by atoms with Crippen molar-refractivity contribution in [3.05, 3.63) is 221 Å². The lowest BCUT2D eigenvalue weighted by atomic mass is 9.55. The number of rotatable bonds is 4. The van der Waals surface area contributed by atoms with Gasteiger partial charge in [-0.1, -0.05) is 147 Å². The second kappa shape index (κ2) is 11.4. The molecule has 1 aromatic heterocycles. The average Bonchev–Trinajstić information content (AvgIpc) is 3.75. The summed E-state index contributed by atoms with van der Waals surface area (Å²) in [6.07, 6.45) is 0. The molecule has 256 valence electrons. The average molecular weight is 692 g/mol. The van der Waals surface area contributed by atoms with Crippen molar-refractivity contribution in [3.63, 3.8) is 0 Å². The Morgan fingerprint density at radius 2 is 0.907 bits per heavy atom. The van der Waals surface area contributed by atoms with Gasteiger partial charge >= 0.3 is 0 Å². The minimum Gasteiger partial charge on any atom is -0.456 e. The zero-order valence-electron chi connectivity index (χ0n) is 30.3. The van der Waals surface area contributed by atoms with Crippen molar-refractivity contribution in [2.75, 3.05) is 4.90 Å². The molecule has 1 spiro atoms. The highest BCUT2D eigenvalue weighted by Crippen LogP contribution is 2.62. The Labute approximate surface area is 315 Å². The molecule has 0 unspecified atom stereocenters. The second-order valence-corrected chi connectivity index (χ2v) is 15.3. The van der Waals surface area contributed by atoms with Crippen molar-refractivity contribution >= 4 is 39.0 Å². The number of para-hydroxylation sites is 2. The fraction of sp³-hybridized carbons (Fsp3) is 0.0769. The van der Waals surface area contributed by atoms with E-state index >= 15 is 0 Å². The molecule has 54 heavy (non-hydrogen) atoms. The summed E-state index contributed by atoms with van der Waals surface area (Å²) in [6.45, 7) is 4.80. The summed E-state index contributed by atoms with van der Waals surface area (Å²) in [5, 5.41) is 2.28. The first-order valence-electron chi connectivity index (χ1n) is 18.8. The van der Waals surface area contributed by atoms with Crippen molar-refractivity contribution in [1.29, 1.82) is 0 Å². The SMILES string of the molecule is CC1(C)c2ccccc2C2(c3ccccc3-c3ccccc32)c2ccc(N(c3ccccc3)c3ccc(-c4ccc5oc6ccccc6c5c4)cc3)cc21. The summed E-state index contributed by atoms with van der Waals surface area (Å²) in [4.78, 5) is 2.40. The molecule has 2 heteroatoms.